The predicted molar refractivity (Wildman–Crippen MR) is 77.6 cm³/mol. The molecular formula is C17H24O4. The molecule has 4 heteroatoms. The van der Waals surface area contributed by atoms with Crippen molar-refractivity contribution in [2.45, 2.75) is 52.4 Å². The molecule has 116 valence electrons. The van der Waals surface area contributed by atoms with Gasteiger partial charge in [-0.05, 0) is 62.2 Å². The van der Waals surface area contributed by atoms with Gasteiger partial charge in [0, 0.05) is 5.57 Å². The van der Waals surface area contributed by atoms with Crippen LogP contribution in [-0.2, 0) is 14.3 Å². The molecule has 0 heterocycles. The van der Waals surface area contributed by atoms with Gasteiger partial charge in [-0.1, -0.05) is 13.0 Å². The second-order valence-corrected chi connectivity index (χ2v) is 8.09. The Hall–Kier alpha value is -1.32. The standard InChI is InChI=1S/C17H24O4/c1-11(13(18)19)4-16-6-12-5-15(2,8-16)9-17(7-12,10-16)14(20)21-3/h4,12H,5-10H2,1-3H3,(H,18,19). The minimum atomic E-state index is -0.858. The van der Waals surface area contributed by atoms with Gasteiger partial charge in [0.05, 0.1) is 12.5 Å². The summed E-state index contributed by atoms with van der Waals surface area (Å²) < 4.78 is 5.10. The lowest BCUT2D eigenvalue weighted by molar-refractivity contribution is -0.184. The van der Waals surface area contributed by atoms with E-state index in [1.807, 2.05) is 6.08 Å². The lowest BCUT2D eigenvalue weighted by Crippen LogP contribution is -2.58. The van der Waals surface area contributed by atoms with Crippen molar-refractivity contribution >= 4 is 11.9 Å². The van der Waals surface area contributed by atoms with E-state index in [0.29, 0.717) is 11.5 Å². The van der Waals surface area contributed by atoms with Crippen LogP contribution in [0.4, 0.5) is 0 Å². The molecule has 4 fully saturated rings. The molecule has 0 spiro atoms. The second-order valence-electron chi connectivity index (χ2n) is 8.09. The molecule has 21 heavy (non-hydrogen) atoms. The quantitative estimate of drug-likeness (QED) is 0.641. The summed E-state index contributed by atoms with van der Waals surface area (Å²) in [5.74, 6) is -0.435. The molecule has 4 nitrogen and oxygen atoms in total. The van der Waals surface area contributed by atoms with E-state index < -0.39 is 11.4 Å². The van der Waals surface area contributed by atoms with E-state index in [-0.39, 0.29) is 16.8 Å². The van der Waals surface area contributed by atoms with Crippen molar-refractivity contribution in [3.63, 3.8) is 0 Å². The van der Waals surface area contributed by atoms with Crippen molar-refractivity contribution < 1.29 is 19.4 Å². The fourth-order valence-electron chi connectivity index (χ4n) is 6.13. The maximum Gasteiger partial charge on any atom is 0.330 e. The van der Waals surface area contributed by atoms with E-state index in [1.54, 1.807) is 6.92 Å². The molecule has 0 amide bonds. The summed E-state index contributed by atoms with van der Waals surface area (Å²) in [6, 6.07) is 0. The van der Waals surface area contributed by atoms with Crippen LogP contribution in [0, 0.1) is 22.2 Å². The third kappa shape index (κ3) is 2.19. The van der Waals surface area contributed by atoms with Gasteiger partial charge in [0.2, 0.25) is 0 Å². The Morgan fingerprint density at radius 2 is 1.90 bits per heavy atom. The van der Waals surface area contributed by atoms with Crippen molar-refractivity contribution in [2.75, 3.05) is 7.11 Å². The van der Waals surface area contributed by atoms with Gasteiger partial charge in [0.1, 0.15) is 0 Å². The number of methoxy groups -OCH3 is 1. The zero-order valence-corrected chi connectivity index (χ0v) is 13.1. The van der Waals surface area contributed by atoms with E-state index in [1.165, 1.54) is 7.11 Å². The molecule has 4 rings (SSSR count). The van der Waals surface area contributed by atoms with Gasteiger partial charge in [-0.25, -0.2) is 4.79 Å². The van der Waals surface area contributed by atoms with Crippen LogP contribution in [0.25, 0.3) is 0 Å². The Balaban J connectivity index is 2.03. The Kier molecular flexibility index (Phi) is 3.02. The zero-order chi connectivity index (χ0) is 15.5. The highest BCUT2D eigenvalue weighted by atomic mass is 16.5. The Bertz CT molecular complexity index is 537. The van der Waals surface area contributed by atoms with E-state index in [4.69, 9.17) is 4.74 Å². The number of allylic oxidation sites excluding steroid dienone is 1. The number of carboxylic acids is 1. The lowest BCUT2D eigenvalue weighted by Gasteiger charge is -2.64. The number of hydrogen-bond acceptors (Lipinski definition) is 3. The monoisotopic (exact) mass is 292 g/mol. The first-order valence-corrected chi connectivity index (χ1v) is 7.73. The maximum absolute atomic E-state index is 12.4. The number of carbonyl (C=O) groups is 2. The van der Waals surface area contributed by atoms with Gasteiger partial charge >= 0.3 is 11.9 Å². The average molecular weight is 292 g/mol. The fourth-order valence-corrected chi connectivity index (χ4v) is 6.13. The van der Waals surface area contributed by atoms with Crippen molar-refractivity contribution in [1.82, 2.24) is 0 Å². The van der Waals surface area contributed by atoms with Crippen molar-refractivity contribution in [1.29, 1.82) is 0 Å². The molecule has 0 aromatic heterocycles. The van der Waals surface area contributed by atoms with E-state index in [9.17, 15) is 14.7 Å². The summed E-state index contributed by atoms with van der Waals surface area (Å²) in [6.07, 6.45) is 7.68. The predicted octanol–water partition coefficient (Wildman–Crippen LogP) is 3.17. The van der Waals surface area contributed by atoms with Gasteiger partial charge in [-0.15, -0.1) is 0 Å². The average Bonchev–Trinajstić information content (AvgIpc) is 2.33. The van der Waals surface area contributed by atoms with E-state index in [2.05, 4.69) is 6.92 Å². The van der Waals surface area contributed by atoms with E-state index >= 15 is 0 Å². The molecule has 4 aliphatic carbocycles. The van der Waals surface area contributed by atoms with Gasteiger partial charge in [-0.3, -0.25) is 4.79 Å². The van der Waals surface area contributed by atoms with Crippen LogP contribution in [0.15, 0.2) is 11.6 Å². The molecular weight excluding hydrogens is 268 g/mol. The summed E-state index contributed by atoms with van der Waals surface area (Å²) in [5.41, 5.74) is 0.0203. The summed E-state index contributed by atoms with van der Waals surface area (Å²) >= 11 is 0. The fraction of sp³-hybridized carbons (Fsp3) is 0.765. The van der Waals surface area contributed by atoms with Crippen molar-refractivity contribution in [2.24, 2.45) is 22.2 Å². The normalized spacial score (nSPS) is 44.7. The summed E-state index contributed by atoms with van der Waals surface area (Å²) in [4.78, 5) is 23.6. The molecule has 4 unspecified atom stereocenters. The summed E-state index contributed by atoms with van der Waals surface area (Å²) in [7, 11) is 1.47. The first-order valence-electron chi connectivity index (χ1n) is 7.73. The number of rotatable bonds is 3. The third-order valence-electron chi connectivity index (χ3n) is 5.87. The van der Waals surface area contributed by atoms with Crippen LogP contribution in [-0.4, -0.2) is 24.2 Å². The van der Waals surface area contributed by atoms with Crippen LogP contribution in [0.5, 0.6) is 0 Å². The number of ether oxygens (including phenoxy) is 1. The molecule has 4 atom stereocenters. The number of carbonyl (C=O) groups excluding carboxylic acids is 1. The zero-order valence-electron chi connectivity index (χ0n) is 13.1. The van der Waals surface area contributed by atoms with Crippen molar-refractivity contribution in [3.05, 3.63) is 11.6 Å². The molecule has 1 N–H and O–H groups in total. The van der Waals surface area contributed by atoms with Gasteiger partial charge < -0.3 is 9.84 Å². The largest absolute Gasteiger partial charge is 0.478 e. The minimum Gasteiger partial charge on any atom is -0.478 e. The molecule has 0 aliphatic heterocycles. The molecule has 0 aromatic carbocycles. The van der Waals surface area contributed by atoms with Gasteiger partial charge in [0.25, 0.3) is 0 Å². The lowest BCUT2D eigenvalue weighted by atomic mass is 9.40. The Morgan fingerprint density at radius 1 is 1.19 bits per heavy atom. The van der Waals surface area contributed by atoms with Crippen LogP contribution >= 0.6 is 0 Å². The SMILES string of the molecule is COC(=O)C12CC3CC(C)(CC(C=C(C)C(=O)O)(C3)C1)C2. The minimum absolute atomic E-state index is 0.0939. The molecule has 4 aliphatic rings. The number of esters is 1. The Morgan fingerprint density at radius 3 is 2.48 bits per heavy atom. The van der Waals surface area contributed by atoms with Crippen LogP contribution in [0.1, 0.15) is 52.4 Å². The molecule has 4 saturated carbocycles. The molecule has 0 aromatic rings. The first-order chi connectivity index (χ1) is 9.72. The Labute approximate surface area is 125 Å². The molecule has 0 saturated heterocycles. The highest BCUT2D eigenvalue weighted by Crippen LogP contribution is 2.70. The topological polar surface area (TPSA) is 63.6 Å². The third-order valence-corrected chi connectivity index (χ3v) is 5.87. The summed E-state index contributed by atoms with van der Waals surface area (Å²) in [5, 5.41) is 9.21. The second kappa shape index (κ2) is 4.34. The maximum atomic E-state index is 12.4. The van der Waals surface area contributed by atoms with Crippen LogP contribution in [0.3, 0.4) is 0 Å². The first kappa shape index (κ1) is 14.6. The highest BCUT2D eigenvalue weighted by Gasteiger charge is 2.64. The number of hydrogen-bond donors (Lipinski definition) is 1. The number of aliphatic carboxylic acids is 1. The van der Waals surface area contributed by atoms with E-state index in [0.717, 1.165) is 38.5 Å². The van der Waals surface area contributed by atoms with Gasteiger partial charge in [0.15, 0.2) is 0 Å². The highest BCUT2D eigenvalue weighted by molar-refractivity contribution is 5.86. The molecule has 4 bridgehead atoms. The van der Waals surface area contributed by atoms with Crippen LogP contribution < -0.4 is 0 Å². The van der Waals surface area contributed by atoms with Crippen molar-refractivity contribution in [3.8, 4) is 0 Å². The molecule has 0 radical (unpaired) electrons. The smallest absolute Gasteiger partial charge is 0.330 e. The summed E-state index contributed by atoms with van der Waals surface area (Å²) in [6.45, 7) is 3.92. The number of carboxylic acid groups (broad SMARTS) is 1. The van der Waals surface area contributed by atoms with Crippen LogP contribution in [0.2, 0.25) is 0 Å². The van der Waals surface area contributed by atoms with Gasteiger partial charge in [-0.2, -0.15) is 0 Å².